The molecule has 13 nitrogen and oxygen atoms in total. The minimum atomic E-state index is -2.52. The summed E-state index contributed by atoms with van der Waals surface area (Å²) in [5, 5.41) is 11.1. The van der Waals surface area contributed by atoms with E-state index in [1.165, 1.54) is 3.58 Å². The predicted octanol–water partition coefficient (Wildman–Crippen LogP) is 4.64. The van der Waals surface area contributed by atoms with Crippen LogP contribution >= 0.6 is 0 Å². The Kier molecular flexibility index (Phi) is 19.3. The maximum absolute atomic E-state index is 13.6. The molecule has 1 saturated heterocycles. The van der Waals surface area contributed by atoms with Crippen molar-refractivity contribution in [3.8, 4) is 0 Å². The average Bonchev–Trinajstić information content (AvgIpc) is 3.01. The Morgan fingerprint density at radius 2 is 1.18 bits per heavy atom. The third-order valence-electron chi connectivity index (χ3n) is 9.10. The molecule has 1 unspecified atom stereocenters. The minimum absolute atomic E-state index is 0.00522. The van der Waals surface area contributed by atoms with Gasteiger partial charge >= 0.3 is 198 Å². The summed E-state index contributed by atoms with van der Waals surface area (Å²) in [6.45, 7) is 20.6. The maximum atomic E-state index is 13.6. The van der Waals surface area contributed by atoms with Crippen LogP contribution in [0, 0.1) is 11.3 Å². The van der Waals surface area contributed by atoms with Gasteiger partial charge < -0.3 is 14.2 Å². The Labute approximate surface area is 341 Å². The summed E-state index contributed by atoms with van der Waals surface area (Å²) in [5.74, 6) is -0.993. The van der Waals surface area contributed by atoms with Crippen LogP contribution in [-0.4, -0.2) is 138 Å². The molecule has 4 N–H and O–H groups in total. The number of ether oxygens (including phenoxy) is 3. The van der Waals surface area contributed by atoms with E-state index in [0.29, 0.717) is 57.8 Å². The summed E-state index contributed by atoms with van der Waals surface area (Å²) in [6.07, 6.45) is 3.43. The molecule has 0 bridgehead atoms. The monoisotopic (exact) mass is 894 g/mol. The van der Waals surface area contributed by atoms with Crippen molar-refractivity contribution in [1.82, 2.24) is 20.0 Å². The number of hydrogen-bond acceptors (Lipinski definition) is 11. The van der Waals surface area contributed by atoms with Crippen LogP contribution in [-0.2, 0) is 39.9 Å². The molecule has 2 rings (SSSR count). The summed E-state index contributed by atoms with van der Waals surface area (Å²) in [7, 11) is 0. The molecule has 0 saturated carbocycles. The number of esters is 3. The van der Waals surface area contributed by atoms with Crippen molar-refractivity contribution in [2.24, 2.45) is 11.7 Å². The van der Waals surface area contributed by atoms with Gasteiger partial charge in [-0.05, 0) is 75.3 Å². The molecule has 1 fully saturated rings. The van der Waals surface area contributed by atoms with Gasteiger partial charge in [0.1, 0.15) is 16.8 Å². The summed E-state index contributed by atoms with van der Waals surface area (Å²) in [5.41, 5.74) is 5.62. The van der Waals surface area contributed by atoms with Crippen molar-refractivity contribution in [3.05, 3.63) is 29.3 Å². The zero-order valence-electron chi connectivity index (χ0n) is 36.7. The molecule has 56 heavy (non-hydrogen) atoms. The average molecular weight is 894 g/mol. The van der Waals surface area contributed by atoms with Gasteiger partial charge in [0.15, 0.2) is 0 Å². The van der Waals surface area contributed by atoms with Gasteiger partial charge in [0.2, 0.25) is 0 Å². The third-order valence-corrected chi connectivity index (χ3v) is 14.9. The number of carbonyl (C=O) groups excluding carboxylic acids is 4. The second-order valence-corrected chi connectivity index (χ2v) is 33.8. The van der Waals surface area contributed by atoms with E-state index < -0.39 is 35.2 Å². The zero-order valence-corrected chi connectivity index (χ0v) is 39.5. The van der Waals surface area contributed by atoms with Crippen molar-refractivity contribution in [2.45, 2.75) is 133 Å². The normalized spacial score (nSPS) is 18.0. The molecular formula is C42H74N6O7Sn. The molecule has 318 valence electrons. The number of nitrogens with one attached hydrogen (secondary N) is 2. The molecule has 1 heterocycles. The summed E-state index contributed by atoms with van der Waals surface area (Å²) >= 11 is -2.52. The van der Waals surface area contributed by atoms with E-state index in [4.69, 9.17) is 25.4 Å². The number of nitrogen functional groups attached to an aromatic ring is 1. The molecule has 1 aliphatic heterocycles. The van der Waals surface area contributed by atoms with Gasteiger partial charge in [0, 0.05) is 6.54 Å². The van der Waals surface area contributed by atoms with E-state index in [-0.39, 0.29) is 61.6 Å². The summed E-state index contributed by atoms with van der Waals surface area (Å²) in [4.78, 5) is 65.8. The number of carbonyl (C=O) groups is 4. The van der Waals surface area contributed by atoms with Gasteiger partial charge in [0.25, 0.3) is 0 Å². The van der Waals surface area contributed by atoms with Crippen molar-refractivity contribution < 1.29 is 33.4 Å². The molecule has 1 atom stereocenters. The summed E-state index contributed by atoms with van der Waals surface area (Å²) in [6, 6.07) is 6.01. The second-order valence-electron chi connectivity index (χ2n) is 19.3. The van der Waals surface area contributed by atoms with E-state index in [9.17, 15) is 19.2 Å². The fourth-order valence-electron chi connectivity index (χ4n) is 6.43. The number of nitrogens with zero attached hydrogens (tertiary/aromatic N) is 3. The van der Waals surface area contributed by atoms with Crippen LogP contribution in [0.4, 0.5) is 0 Å². The summed E-state index contributed by atoms with van der Waals surface area (Å²) < 4.78 is 18.3. The Morgan fingerprint density at radius 1 is 0.696 bits per heavy atom. The quantitative estimate of drug-likeness (QED) is 0.0880. The van der Waals surface area contributed by atoms with E-state index in [2.05, 4.69) is 36.0 Å². The van der Waals surface area contributed by atoms with Crippen LogP contribution in [0.5, 0.6) is 0 Å². The van der Waals surface area contributed by atoms with Gasteiger partial charge in [-0.3, -0.25) is 19.3 Å². The first-order chi connectivity index (χ1) is 25.7. The first kappa shape index (κ1) is 49.4. The van der Waals surface area contributed by atoms with Crippen molar-refractivity contribution in [3.63, 3.8) is 0 Å². The number of nitrogens with two attached hydrogens (primary N) is 1. The Balaban J connectivity index is 2.36. The molecule has 1 amide bonds. The van der Waals surface area contributed by atoms with E-state index in [0.717, 1.165) is 24.8 Å². The topological polar surface area (TPSA) is 168 Å². The molecule has 1 aliphatic rings. The van der Waals surface area contributed by atoms with Gasteiger partial charge in [-0.25, -0.2) is 0 Å². The molecule has 0 aromatic heterocycles. The molecule has 0 aliphatic carbocycles. The SMILES string of the molecule is CC(C)(C)OC(=O)CC1CCCCN(CC(=O)OC(C)(C)C)CCN(CC(=O)OC(C)(C)C)CCN(CC(=O)NCc2cc(C(=N)N)c[c]([Sn]([CH3])([CH3])[CH3])c2)CC1. The number of hydrogen-bond donors (Lipinski definition) is 3. The molecular weight excluding hydrogens is 819 g/mol. The first-order valence-electron chi connectivity index (χ1n) is 20.3. The van der Waals surface area contributed by atoms with Crippen LogP contribution in [0.25, 0.3) is 0 Å². The standard InChI is InChI=1S/C39H65N6O7.3CH3.Sn/c1-37(2,3)50-33(47)24-29-13-10-11-17-43(27-34(48)51-38(4,5)6)19-21-45(28-35(49)52-39(7,8)9)22-20-44(18-16-29)26-32(46)42-25-30-14-12-15-31(23-30)36(40)41;;;;/h14-15,23,29H,10-11,13,16-22,24-28H2,1-9H3,(H3,40,41)(H,42,46);3*1H3;. The van der Waals surface area contributed by atoms with E-state index in [1.807, 2.05) is 79.3 Å². The Bertz CT molecular complexity index is 1480. The van der Waals surface area contributed by atoms with Crippen molar-refractivity contribution in [1.29, 1.82) is 5.41 Å². The Morgan fingerprint density at radius 3 is 1.66 bits per heavy atom. The van der Waals surface area contributed by atoms with Gasteiger partial charge in [-0.2, -0.15) is 0 Å². The third kappa shape index (κ3) is 21.7. The van der Waals surface area contributed by atoms with Crippen LogP contribution in [0.2, 0.25) is 14.8 Å². The molecule has 0 radical (unpaired) electrons. The second kappa shape index (κ2) is 21.9. The molecule has 0 spiro atoms. The molecule has 14 heteroatoms. The Hall–Kier alpha value is -2.75. The van der Waals surface area contributed by atoms with Crippen molar-refractivity contribution in [2.75, 3.05) is 58.9 Å². The van der Waals surface area contributed by atoms with Gasteiger partial charge in [-0.15, -0.1) is 0 Å². The predicted molar refractivity (Wildman–Crippen MR) is 226 cm³/mol. The zero-order chi connectivity index (χ0) is 42.5. The number of amides is 1. The van der Waals surface area contributed by atoms with Crippen LogP contribution in [0.3, 0.4) is 0 Å². The number of benzene rings is 1. The molecule has 1 aromatic carbocycles. The van der Waals surface area contributed by atoms with Crippen LogP contribution in [0.15, 0.2) is 18.2 Å². The van der Waals surface area contributed by atoms with Gasteiger partial charge in [-0.1, -0.05) is 6.42 Å². The van der Waals surface area contributed by atoms with Crippen molar-refractivity contribution >= 4 is 51.6 Å². The molecule has 1 aromatic rings. The van der Waals surface area contributed by atoms with Crippen LogP contribution in [0.1, 0.15) is 106 Å². The number of rotatable bonds is 12. The van der Waals surface area contributed by atoms with Gasteiger partial charge in [0.05, 0.1) is 6.54 Å². The fraction of sp³-hybridized carbons (Fsp3) is 0.738. The first-order valence-corrected chi connectivity index (χ1v) is 30.2. The van der Waals surface area contributed by atoms with E-state index >= 15 is 0 Å². The number of amidine groups is 1. The van der Waals surface area contributed by atoms with E-state index in [1.54, 1.807) is 0 Å². The fourth-order valence-corrected chi connectivity index (χ4v) is 9.88. The van der Waals surface area contributed by atoms with Crippen LogP contribution < -0.4 is 14.6 Å².